The van der Waals surface area contributed by atoms with E-state index in [1.807, 2.05) is 22.7 Å². The third-order valence-corrected chi connectivity index (χ3v) is 4.94. The minimum Gasteiger partial charge on any atom is -0.507 e. The topological polar surface area (TPSA) is 74.9 Å². The summed E-state index contributed by atoms with van der Waals surface area (Å²) < 4.78 is 21.4. The van der Waals surface area contributed by atoms with Crippen molar-refractivity contribution in [1.82, 2.24) is 19.5 Å². The molecule has 1 atom stereocenters. The van der Waals surface area contributed by atoms with Crippen LogP contribution in [0.4, 0.5) is 10.3 Å². The van der Waals surface area contributed by atoms with Crippen molar-refractivity contribution in [3.05, 3.63) is 36.3 Å². The van der Waals surface area contributed by atoms with E-state index in [9.17, 15) is 9.50 Å². The van der Waals surface area contributed by atoms with Crippen LogP contribution in [0.3, 0.4) is 0 Å². The van der Waals surface area contributed by atoms with Crippen LogP contribution in [0.5, 0.6) is 11.5 Å². The van der Waals surface area contributed by atoms with Gasteiger partial charge < -0.3 is 20.1 Å². The number of rotatable bonds is 4. The molecule has 0 saturated carbocycles. The first-order valence-corrected chi connectivity index (χ1v) is 8.92. The third-order valence-electron chi connectivity index (χ3n) is 4.94. The molecule has 1 aliphatic heterocycles. The van der Waals surface area contributed by atoms with Crippen LogP contribution in [0.2, 0.25) is 0 Å². The Kier molecular flexibility index (Phi) is 4.57. The average molecular weight is 371 g/mol. The number of likely N-dealkylation sites (N-methyl/N-ethyl adjacent to an activating group) is 1. The third kappa shape index (κ3) is 3.28. The van der Waals surface area contributed by atoms with Crippen molar-refractivity contribution in [2.45, 2.75) is 18.9 Å². The number of nitrogens with one attached hydrogen (secondary N) is 1. The molecule has 1 aromatic carbocycles. The number of hydrogen-bond acceptors (Lipinski definition) is 6. The lowest BCUT2D eigenvalue weighted by molar-refractivity contribution is 0.260. The molecule has 0 unspecified atom stereocenters. The Balaban J connectivity index is 1.74. The molecule has 3 aromatic rings. The standard InChI is InChI=1S/C19H22FN5O2/c1-24-7-3-5-12(11-24)21-19-23-22-18(15-6-4-8-25(15)19)17-14(20)9-13(27-2)10-16(17)26/h4,6,8-10,12,26H,3,5,7,11H2,1-2H3,(H,21,23)/t12-/m1/s1. The average Bonchev–Trinajstić information content (AvgIpc) is 3.13. The Morgan fingerprint density at radius 1 is 1.33 bits per heavy atom. The first-order chi connectivity index (χ1) is 13.1. The zero-order valence-corrected chi connectivity index (χ0v) is 15.3. The molecule has 8 heteroatoms. The van der Waals surface area contributed by atoms with Gasteiger partial charge in [-0.2, -0.15) is 0 Å². The van der Waals surface area contributed by atoms with Gasteiger partial charge in [-0.25, -0.2) is 4.39 Å². The number of phenols is 1. The highest BCUT2D eigenvalue weighted by atomic mass is 19.1. The SMILES string of the molecule is COc1cc(O)c(-c2nnc(N[C@@H]3CCCN(C)C3)n3cccc23)c(F)c1. The predicted octanol–water partition coefficient (Wildman–Crippen LogP) is 2.76. The highest BCUT2D eigenvalue weighted by Gasteiger charge is 2.22. The first-order valence-electron chi connectivity index (χ1n) is 8.92. The molecule has 7 nitrogen and oxygen atoms in total. The molecule has 4 rings (SSSR count). The van der Waals surface area contributed by atoms with E-state index in [2.05, 4.69) is 27.5 Å². The van der Waals surface area contributed by atoms with Crippen molar-refractivity contribution in [2.24, 2.45) is 0 Å². The second-order valence-corrected chi connectivity index (χ2v) is 6.88. The van der Waals surface area contributed by atoms with E-state index in [0.717, 1.165) is 25.9 Å². The maximum atomic E-state index is 14.6. The number of piperidine rings is 1. The number of anilines is 1. The molecule has 27 heavy (non-hydrogen) atoms. The fraction of sp³-hybridized carbons (Fsp3) is 0.368. The summed E-state index contributed by atoms with van der Waals surface area (Å²) in [5.74, 6) is -0.00185. The fourth-order valence-corrected chi connectivity index (χ4v) is 3.62. The summed E-state index contributed by atoms with van der Waals surface area (Å²) in [5.41, 5.74) is 0.955. The number of halogens is 1. The van der Waals surface area contributed by atoms with Gasteiger partial charge in [0.2, 0.25) is 5.95 Å². The second kappa shape index (κ2) is 7.03. The highest BCUT2D eigenvalue weighted by molar-refractivity contribution is 5.82. The Morgan fingerprint density at radius 3 is 2.93 bits per heavy atom. The Hall–Kier alpha value is -2.87. The monoisotopic (exact) mass is 371 g/mol. The Morgan fingerprint density at radius 2 is 2.19 bits per heavy atom. The van der Waals surface area contributed by atoms with Crippen molar-refractivity contribution in [3.63, 3.8) is 0 Å². The lowest BCUT2D eigenvalue weighted by Gasteiger charge is -2.30. The van der Waals surface area contributed by atoms with E-state index in [4.69, 9.17) is 4.74 Å². The van der Waals surface area contributed by atoms with Gasteiger partial charge in [0.25, 0.3) is 0 Å². The number of benzene rings is 1. The molecule has 2 aromatic heterocycles. The van der Waals surface area contributed by atoms with Gasteiger partial charge in [0.15, 0.2) is 0 Å². The van der Waals surface area contributed by atoms with E-state index in [-0.39, 0.29) is 28.8 Å². The van der Waals surface area contributed by atoms with Gasteiger partial charge in [0.1, 0.15) is 23.0 Å². The number of phenolic OH excluding ortho intramolecular Hbond substituents is 1. The fourth-order valence-electron chi connectivity index (χ4n) is 3.62. The molecule has 0 aliphatic carbocycles. The number of methoxy groups -OCH3 is 1. The minimum absolute atomic E-state index is 0.0101. The van der Waals surface area contributed by atoms with Crippen molar-refractivity contribution in [3.8, 4) is 22.8 Å². The van der Waals surface area contributed by atoms with Crippen LogP contribution in [0.1, 0.15) is 12.8 Å². The number of fused-ring (bicyclic) bond motifs is 1. The van der Waals surface area contributed by atoms with Gasteiger partial charge in [-0.3, -0.25) is 4.40 Å². The minimum atomic E-state index is -0.612. The van der Waals surface area contributed by atoms with Crippen LogP contribution in [0.25, 0.3) is 16.8 Å². The number of ether oxygens (including phenoxy) is 1. The second-order valence-electron chi connectivity index (χ2n) is 6.88. The van der Waals surface area contributed by atoms with Gasteiger partial charge in [0.05, 0.1) is 18.2 Å². The maximum Gasteiger partial charge on any atom is 0.228 e. The Bertz CT molecular complexity index is 951. The first kappa shape index (κ1) is 17.5. The molecular weight excluding hydrogens is 349 g/mol. The van der Waals surface area contributed by atoms with Crippen LogP contribution in [-0.4, -0.2) is 57.9 Å². The number of hydrogen-bond donors (Lipinski definition) is 2. The van der Waals surface area contributed by atoms with Gasteiger partial charge in [-0.1, -0.05) is 0 Å². The number of nitrogens with zero attached hydrogens (tertiary/aromatic N) is 4. The summed E-state index contributed by atoms with van der Waals surface area (Å²) in [6.07, 6.45) is 4.03. The summed E-state index contributed by atoms with van der Waals surface area (Å²) in [7, 11) is 3.52. The molecule has 2 N–H and O–H groups in total. The van der Waals surface area contributed by atoms with E-state index in [1.165, 1.54) is 19.2 Å². The molecule has 0 spiro atoms. The van der Waals surface area contributed by atoms with Crippen LogP contribution < -0.4 is 10.1 Å². The largest absolute Gasteiger partial charge is 0.507 e. The molecular formula is C19H22FN5O2. The molecule has 142 valence electrons. The summed E-state index contributed by atoms with van der Waals surface area (Å²) in [4.78, 5) is 2.28. The van der Waals surface area contributed by atoms with Crippen LogP contribution >= 0.6 is 0 Å². The van der Waals surface area contributed by atoms with E-state index >= 15 is 0 Å². The molecule has 0 radical (unpaired) electrons. The summed E-state index contributed by atoms with van der Waals surface area (Å²) in [5, 5.41) is 22.2. The summed E-state index contributed by atoms with van der Waals surface area (Å²) >= 11 is 0. The van der Waals surface area contributed by atoms with Gasteiger partial charge in [-0.15, -0.1) is 10.2 Å². The lowest BCUT2D eigenvalue weighted by Crippen LogP contribution is -2.40. The lowest BCUT2D eigenvalue weighted by atomic mass is 10.1. The number of aromatic nitrogens is 3. The highest BCUT2D eigenvalue weighted by Crippen LogP contribution is 2.36. The van der Waals surface area contributed by atoms with Crippen molar-refractivity contribution in [1.29, 1.82) is 0 Å². The molecule has 1 saturated heterocycles. The Labute approximate surface area is 156 Å². The van der Waals surface area contributed by atoms with Crippen LogP contribution in [0, 0.1) is 5.82 Å². The van der Waals surface area contributed by atoms with Crippen molar-refractivity contribution < 1.29 is 14.2 Å². The molecule has 1 aliphatic rings. The van der Waals surface area contributed by atoms with E-state index in [0.29, 0.717) is 11.5 Å². The smallest absolute Gasteiger partial charge is 0.228 e. The van der Waals surface area contributed by atoms with Gasteiger partial charge >= 0.3 is 0 Å². The number of likely N-dealkylation sites (tertiary alicyclic amines) is 1. The summed E-state index contributed by atoms with van der Waals surface area (Å²) in [6.45, 7) is 2.03. The maximum absolute atomic E-state index is 14.6. The van der Waals surface area contributed by atoms with Gasteiger partial charge in [0, 0.05) is 30.9 Å². The van der Waals surface area contributed by atoms with Crippen LogP contribution in [-0.2, 0) is 0 Å². The zero-order chi connectivity index (χ0) is 19.0. The quantitative estimate of drug-likeness (QED) is 0.735. The molecule has 3 heterocycles. The molecule has 0 bridgehead atoms. The number of aromatic hydroxyl groups is 1. The van der Waals surface area contributed by atoms with Gasteiger partial charge in [-0.05, 0) is 38.6 Å². The zero-order valence-electron chi connectivity index (χ0n) is 15.3. The van der Waals surface area contributed by atoms with Crippen molar-refractivity contribution in [2.75, 3.05) is 32.6 Å². The molecule has 0 amide bonds. The predicted molar refractivity (Wildman–Crippen MR) is 101 cm³/mol. The van der Waals surface area contributed by atoms with E-state index in [1.54, 1.807) is 0 Å². The van der Waals surface area contributed by atoms with E-state index < -0.39 is 5.82 Å². The normalized spacial score (nSPS) is 18.0. The summed E-state index contributed by atoms with van der Waals surface area (Å²) in [6, 6.07) is 6.54. The van der Waals surface area contributed by atoms with Crippen LogP contribution in [0.15, 0.2) is 30.5 Å². The molecule has 1 fully saturated rings. The van der Waals surface area contributed by atoms with Crippen molar-refractivity contribution >= 4 is 11.5 Å².